The Morgan fingerprint density at radius 3 is 2.69 bits per heavy atom. The van der Waals surface area contributed by atoms with Crippen molar-refractivity contribution in [3.63, 3.8) is 0 Å². The maximum Gasteiger partial charge on any atom is 0.188 e. The fourth-order valence-electron chi connectivity index (χ4n) is 2.60. The Bertz CT molecular complexity index is 815. The molecule has 0 aliphatic carbocycles. The summed E-state index contributed by atoms with van der Waals surface area (Å²) in [5, 5.41) is 8.17. The molecule has 3 rings (SSSR count). The first kappa shape index (κ1) is 17.9. The molecular formula is C19H21ClN6. The fraction of sp³-hybridized carbons (Fsp3) is 0.211. The lowest BCUT2D eigenvalue weighted by Crippen LogP contribution is -2.34. The Hall–Kier alpha value is -2.86. The van der Waals surface area contributed by atoms with Gasteiger partial charge in [-0.05, 0) is 35.9 Å². The quantitative estimate of drug-likeness (QED) is 0.496. The second kappa shape index (κ2) is 9.01. The van der Waals surface area contributed by atoms with Gasteiger partial charge >= 0.3 is 0 Å². The highest BCUT2D eigenvalue weighted by molar-refractivity contribution is 6.30. The minimum atomic E-state index is -0.0431. The zero-order valence-corrected chi connectivity index (χ0v) is 15.0. The van der Waals surface area contributed by atoms with Gasteiger partial charge in [0, 0.05) is 42.3 Å². The number of halogens is 1. The number of rotatable bonds is 7. The molecule has 0 amide bonds. The molecule has 0 aliphatic rings. The summed E-state index contributed by atoms with van der Waals surface area (Å²) in [7, 11) is 0. The number of aromatic nitrogens is 3. The molecule has 1 unspecified atom stereocenters. The van der Waals surface area contributed by atoms with E-state index >= 15 is 0 Å². The summed E-state index contributed by atoms with van der Waals surface area (Å²) in [6.07, 6.45) is 6.24. The van der Waals surface area contributed by atoms with Gasteiger partial charge in [-0.25, -0.2) is 0 Å². The van der Waals surface area contributed by atoms with Crippen LogP contribution >= 0.6 is 11.6 Å². The highest BCUT2D eigenvalue weighted by Gasteiger charge is 2.13. The molecule has 0 aliphatic heterocycles. The van der Waals surface area contributed by atoms with Crippen molar-refractivity contribution in [2.45, 2.75) is 12.5 Å². The van der Waals surface area contributed by atoms with Crippen LogP contribution in [-0.4, -0.2) is 33.8 Å². The van der Waals surface area contributed by atoms with Crippen LogP contribution in [0.3, 0.4) is 0 Å². The van der Waals surface area contributed by atoms with E-state index in [1.54, 1.807) is 12.4 Å². The molecule has 0 saturated heterocycles. The van der Waals surface area contributed by atoms with Crippen molar-refractivity contribution in [3.8, 4) is 0 Å². The van der Waals surface area contributed by atoms with Crippen LogP contribution in [0.15, 0.2) is 72.1 Å². The van der Waals surface area contributed by atoms with Crippen molar-refractivity contribution in [2.75, 3.05) is 13.1 Å². The second-order valence-corrected chi connectivity index (χ2v) is 6.21. The summed E-state index contributed by atoms with van der Waals surface area (Å²) in [6.45, 7) is 1.16. The molecule has 3 aromatic rings. The van der Waals surface area contributed by atoms with Gasteiger partial charge in [0.05, 0.1) is 12.6 Å². The minimum Gasteiger partial charge on any atom is -0.370 e. The molecule has 26 heavy (non-hydrogen) atoms. The van der Waals surface area contributed by atoms with Crippen LogP contribution in [0.25, 0.3) is 0 Å². The first-order valence-electron chi connectivity index (χ1n) is 8.40. The molecule has 0 saturated carbocycles. The van der Waals surface area contributed by atoms with E-state index in [9.17, 15) is 0 Å². The van der Waals surface area contributed by atoms with Crippen LogP contribution in [0.1, 0.15) is 17.3 Å². The molecule has 1 atom stereocenters. The highest BCUT2D eigenvalue weighted by atomic mass is 35.5. The van der Waals surface area contributed by atoms with Gasteiger partial charge in [-0.2, -0.15) is 5.10 Å². The lowest BCUT2D eigenvalue weighted by molar-refractivity contribution is 0.532. The van der Waals surface area contributed by atoms with Gasteiger partial charge in [-0.1, -0.05) is 29.8 Å². The molecule has 2 heterocycles. The SMILES string of the molecule is NC(=NCC(c1ccc(Cl)cc1)n1cccn1)NCCc1ccccn1. The third-order valence-electron chi connectivity index (χ3n) is 3.95. The summed E-state index contributed by atoms with van der Waals surface area (Å²) >= 11 is 5.99. The topological polar surface area (TPSA) is 81.1 Å². The average molecular weight is 369 g/mol. The van der Waals surface area contributed by atoms with E-state index < -0.39 is 0 Å². The summed E-state index contributed by atoms with van der Waals surface area (Å²) in [4.78, 5) is 8.77. The van der Waals surface area contributed by atoms with Crippen LogP contribution in [0.5, 0.6) is 0 Å². The van der Waals surface area contributed by atoms with Gasteiger partial charge in [-0.15, -0.1) is 0 Å². The number of benzene rings is 1. The van der Waals surface area contributed by atoms with E-state index in [-0.39, 0.29) is 6.04 Å². The monoisotopic (exact) mass is 368 g/mol. The Balaban J connectivity index is 1.61. The highest BCUT2D eigenvalue weighted by Crippen LogP contribution is 2.20. The zero-order valence-electron chi connectivity index (χ0n) is 14.3. The van der Waals surface area contributed by atoms with Crippen molar-refractivity contribution in [1.29, 1.82) is 0 Å². The van der Waals surface area contributed by atoms with E-state index in [1.807, 2.05) is 59.4 Å². The predicted octanol–water partition coefficient (Wildman–Crippen LogP) is 2.67. The number of nitrogens with two attached hydrogens (primary N) is 1. The largest absolute Gasteiger partial charge is 0.370 e. The molecule has 0 spiro atoms. The number of guanidine groups is 1. The first-order valence-corrected chi connectivity index (χ1v) is 8.78. The van der Waals surface area contributed by atoms with Gasteiger partial charge in [0.2, 0.25) is 0 Å². The normalized spacial score (nSPS) is 12.7. The minimum absolute atomic E-state index is 0.0431. The second-order valence-electron chi connectivity index (χ2n) is 5.78. The van der Waals surface area contributed by atoms with Crippen molar-refractivity contribution < 1.29 is 0 Å². The molecule has 1 aromatic carbocycles. The van der Waals surface area contributed by atoms with E-state index in [0.717, 1.165) is 17.7 Å². The number of nitrogens with one attached hydrogen (secondary N) is 1. The third kappa shape index (κ3) is 5.07. The van der Waals surface area contributed by atoms with Gasteiger partial charge < -0.3 is 11.1 Å². The van der Waals surface area contributed by atoms with Gasteiger partial charge in [0.1, 0.15) is 0 Å². The average Bonchev–Trinajstić information content (AvgIpc) is 3.19. The van der Waals surface area contributed by atoms with E-state index in [0.29, 0.717) is 24.1 Å². The Morgan fingerprint density at radius 1 is 1.15 bits per heavy atom. The number of hydrogen-bond acceptors (Lipinski definition) is 3. The molecule has 2 aromatic heterocycles. The first-order chi connectivity index (χ1) is 12.7. The Labute approximate surface area is 157 Å². The molecule has 0 fully saturated rings. The summed E-state index contributed by atoms with van der Waals surface area (Å²) < 4.78 is 1.87. The van der Waals surface area contributed by atoms with E-state index in [2.05, 4.69) is 20.4 Å². The molecule has 134 valence electrons. The van der Waals surface area contributed by atoms with Gasteiger partial charge in [-0.3, -0.25) is 14.7 Å². The number of hydrogen-bond donors (Lipinski definition) is 2. The van der Waals surface area contributed by atoms with Gasteiger partial charge in [0.25, 0.3) is 0 Å². The smallest absolute Gasteiger partial charge is 0.188 e. The fourth-order valence-corrected chi connectivity index (χ4v) is 2.72. The number of aliphatic imine (C=N–C) groups is 1. The zero-order chi connectivity index (χ0) is 18.2. The number of nitrogens with zero attached hydrogens (tertiary/aromatic N) is 4. The molecule has 0 bridgehead atoms. The predicted molar refractivity (Wildman–Crippen MR) is 104 cm³/mol. The maximum atomic E-state index is 6.01. The summed E-state index contributed by atoms with van der Waals surface area (Å²) in [6, 6.07) is 15.4. The molecular weight excluding hydrogens is 348 g/mol. The lowest BCUT2D eigenvalue weighted by atomic mass is 10.1. The molecule has 3 N–H and O–H groups in total. The van der Waals surface area contributed by atoms with Crippen LogP contribution in [-0.2, 0) is 6.42 Å². The Morgan fingerprint density at radius 2 is 2.00 bits per heavy atom. The standard InChI is InChI=1S/C19H21ClN6/c20-16-7-5-15(6-8-16)18(26-13-3-11-25-26)14-24-19(21)23-12-9-17-4-1-2-10-22-17/h1-8,10-11,13,18H,9,12,14H2,(H3,21,23,24). The number of pyridine rings is 1. The van der Waals surface area contributed by atoms with E-state index in [1.165, 1.54) is 0 Å². The van der Waals surface area contributed by atoms with Crippen molar-refractivity contribution >= 4 is 17.6 Å². The van der Waals surface area contributed by atoms with Crippen LogP contribution in [0.4, 0.5) is 0 Å². The molecule has 0 radical (unpaired) electrons. The van der Waals surface area contributed by atoms with Crippen molar-refractivity contribution in [2.24, 2.45) is 10.7 Å². The summed E-state index contributed by atoms with van der Waals surface area (Å²) in [5.41, 5.74) is 8.10. The van der Waals surface area contributed by atoms with Crippen LogP contribution in [0.2, 0.25) is 5.02 Å². The van der Waals surface area contributed by atoms with Crippen molar-refractivity contribution in [1.82, 2.24) is 20.1 Å². The lowest BCUT2D eigenvalue weighted by Gasteiger charge is -2.17. The Kier molecular flexibility index (Phi) is 6.22. The third-order valence-corrected chi connectivity index (χ3v) is 4.20. The maximum absolute atomic E-state index is 6.01. The van der Waals surface area contributed by atoms with Crippen molar-refractivity contribution in [3.05, 3.63) is 83.4 Å². The molecule has 7 heteroatoms. The summed E-state index contributed by atoms with van der Waals surface area (Å²) in [5.74, 6) is 0.409. The molecule has 6 nitrogen and oxygen atoms in total. The van der Waals surface area contributed by atoms with Gasteiger partial charge in [0.15, 0.2) is 5.96 Å². The van der Waals surface area contributed by atoms with Crippen LogP contribution < -0.4 is 11.1 Å². The van der Waals surface area contributed by atoms with Crippen LogP contribution in [0, 0.1) is 0 Å². The van der Waals surface area contributed by atoms with E-state index in [4.69, 9.17) is 17.3 Å².